The third kappa shape index (κ3) is 2.55. The van der Waals surface area contributed by atoms with E-state index < -0.39 is 0 Å². The molecule has 3 N–H and O–H groups in total. The van der Waals surface area contributed by atoms with Crippen LogP contribution < -0.4 is 5.73 Å². The molecule has 0 spiro atoms. The minimum absolute atomic E-state index is 0.0936. The van der Waals surface area contributed by atoms with Crippen LogP contribution >= 0.6 is 0 Å². The van der Waals surface area contributed by atoms with Crippen LogP contribution in [-0.4, -0.2) is 21.3 Å². The summed E-state index contributed by atoms with van der Waals surface area (Å²) in [4.78, 5) is 0. The topological polar surface area (TPSA) is 59.6 Å². The predicted octanol–water partition coefficient (Wildman–Crippen LogP) is 3.97. The van der Waals surface area contributed by atoms with E-state index in [9.17, 15) is 0 Å². The highest BCUT2D eigenvalue weighted by molar-refractivity contribution is 5.86. The maximum absolute atomic E-state index is 6.20. The van der Waals surface area contributed by atoms with Gasteiger partial charge in [0.1, 0.15) is 0 Å². The van der Waals surface area contributed by atoms with Gasteiger partial charge in [0.15, 0.2) is 0 Å². The lowest BCUT2D eigenvalue weighted by molar-refractivity contribution is 0.767. The van der Waals surface area contributed by atoms with Crippen molar-refractivity contribution < 1.29 is 0 Å². The maximum atomic E-state index is 6.20. The summed E-state index contributed by atoms with van der Waals surface area (Å²) < 4.78 is 2.24. The predicted molar refractivity (Wildman–Crippen MR) is 103 cm³/mol. The Morgan fingerprint density at radius 2 is 1.80 bits per heavy atom. The van der Waals surface area contributed by atoms with Crippen molar-refractivity contribution in [2.45, 2.75) is 12.8 Å². The number of nitrogens with zero attached hydrogens (tertiary/aromatic N) is 2. The van der Waals surface area contributed by atoms with Gasteiger partial charge in [0.05, 0.1) is 5.69 Å². The molecule has 0 aliphatic heterocycles. The molecule has 2 aromatic heterocycles. The van der Waals surface area contributed by atoms with E-state index in [-0.39, 0.29) is 5.92 Å². The van der Waals surface area contributed by atoms with Gasteiger partial charge in [-0.2, -0.15) is 5.10 Å². The Morgan fingerprint density at radius 3 is 2.56 bits per heavy atom. The van der Waals surface area contributed by atoms with Crippen molar-refractivity contribution in [1.82, 2.24) is 14.8 Å². The van der Waals surface area contributed by atoms with Crippen LogP contribution in [0.4, 0.5) is 0 Å². The molecule has 2 heterocycles. The number of aromatic amines is 1. The largest absolute Gasteiger partial charge is 0.348 e. The molecule has 0 bridgehead atoms. The lowest BCUT2D eigenvalue weighted by atomic mass is 9.92. The van der Waals surface area contributed by atoms with Crippen molar-refractivity contribution in [3.63, 3.8) is 0 Å². The van der Waals surface area contributed by atoms with E-state index in [0.29, 0.717) is 6.54 Å². The fourth-order valence-electron chi connectivity index (χ4n) is 3.66. The summed E-state index contributed by atoms with van der Waals surface area (Å²) >= 11 is 0. The Labute approximate surface area is 147 Å². The van der Waals surface area contributed by atoms with Gasteiger partial charge in [-0.3, -0.25) is 5.10 Å². The number of H-pyrrole nitrogens is 1. The van der Waals surface area contributed by atoms with Crippen LogP contribution in [-0.2, 0) is 7.05 Å². The normalized spacial score (nSPS) is 12.6. The van der Waals surface area contributed by atoms with Crippen LogP contribution in [0.25, 0.3) is 22.2 Å². The highest BCUT2D eigenvalue weighted by atomic mass is 15.1. The Bertz CT molecular complexity index is 1010. The average Bonchev–Trinajstić information content (AvgIpc) is 3.23. The Hall–Kier alpha value is -2.85. The Morgan fingerprint density at radius 1 is 1.08 bits per heavy atom. The van der Waals surface area contributed by atoms with Crippen LogP contribution in [0.1, 0.15) is 22.9 Å². The van der Waals surface area contributed by atoms with Gasteiger partial charge < -0.3 is 10.3 Å². The maximum Gasteiger partial charge on any atom is 0.0923 e. The lowest BCUT2D eigenvalue weighted by Crippen LogP contribution is -2.15. The molecule has 4 heteroatoms. The number of benzene rings is 2. The number of aryl methyl sites for hydroxylation is 1. The van der Waals surface area contributed by atoms with E-state index in [1.165, 1.54) is 22.2 Å². The van der Waals surface area contributed by atoms with Crippen molar-refractivity contribution >= 4 is 10.9 Å². The first-order valence-corrected chi connectivity index (χ1v) is 8.55. The van der Waals surface area contributed by atoms with Gasteiger partial charge in [-0.1, -0.05) is 48.5 Å². The average molecular weight is 330 g/mol. The van der Waals surface area contributed by atoms with Gasteiger partial charge in [-0.05, 0) is 24.6 Å². The zero-order chi connectivity index (χ0) is 17.4. The lowest BCUT2D eigenvalue weighted by Gasteiger charge is -2.14. The highest BCUT2D eigenvalue weighted by Gasteiger charge is 2.23. The summed E-state index contributed by atoms with van der Waals surface area (Å²) in [6, 6.07) is 20.8. The first-order chi connectivity index (χ1) is 12.2. The molecule has 0 radical (unpaired) electrons. The molecule has 0 aliphatic rings. The van der Waals surface area contributed by atoms with Gasteiger partial charge in [0.25, 0.3) is 0 Å². The third-order valence-electron chi connectivity index (χ3n) is 5.08. The molecule has 2 aromatic carbocycles. The fraction of sp³-hybridized carbons (Fsp3) is 0.190. The van der Waals surface area contributed by atoms with E-state index >= 15 is 0 Å². The first kappa shape index (κ1) is 15.7. The standard InChI is InChI=1S/C21H22N4/c1-14-21(16-10-6-7-11-20(16)25(14)2)17(13-22)19-12-18(23-24-19)15-8-4-3-5-9-15/h3-12,17H,13,22H2,1-2H3,(H,23,24). The van der Waals surface area contributed by atoms with Crippen molar-refractivity contribution in [3.8, 4) is 11.3 Å². The second-order valence-corrected chi connectivity index (χ2v) is 6.44. The van der Waals surface area contributed by atoms with Gasteiger partial charge in [0.2, 0.25) is 0 Å². The molecule has 0 fully saturated rings. The minimum atomic E-state index is 0.0936. The molecular weight excluding hydrogens is 308 g/mol. The number of rotatable bonds is 4. The number of aromatic nitrogens is 3. The number of nitrogens with two attached hydrogens (primary N) is 1. The molecule has 4 aromatic rings. The van der Waals surface area contributed by atoms with Crippen molar-refractivity contribution in [3.05, 3.63) is 77.6 Å². The fourth-order valence-corrected chi connectivity index (χ4v) is 3.66. The smallest absolute Gasteiger partial charge is 0.0923 e. The summed E-state index contributed by atoms with van der Waals surface area (Å²) in [7, 11) is 2.11. The minimum Gasteiger partial charge on any atom is -0.348 e. The van der Waals surface area contributed by atoms with E-state index in [2.05, 4.69) is 71.2 Å². The molecule has 4 rings (SSSR count). The summed E-state index contributed by atoms with van der Waals surface area (Å²) in [6.07, 6.45) is 0. The molecule has 0 saturated heterocycles. The van der Waals surface area contributed by atoms with Gasteiger partial charge in [0, 0.05) is 47.4 Å². The molecule has 0 amide bonds. The molecule has 4 nitrogen and oxygen atoms in total. The number of hydrogen-bond acceptors (Lipinski definition) is 2. The summed E-state index contributed by atoms with van der Waals surface area (Å²) in [5.74, 6) is 0.0936. The highest BCUT2D eigenvalue weighted by Crippen LogP contribution is 2.34. The van der Waals surface area contributed by atoms with E-state index in [0.717, 1.165) is 17.0 Å². The van der Waals surface area contributed by atoms with Crippen LogP contribution in [0.5, 0.6) is 0 Å². The molecule has 0 aliphatic carbocycles. The molecular formula is C21H22N4. The van der Waals surface area contributed by atoms with Crippen molar-refractivity contribution in [1.29, 1.82) is 0 Å². The van der Waals surface area contributed by atoms with E-state index in [1.807, 2.05) is 18.2 Å². The zero-order valence-corrected chi connectivity index (χ0v) is 14.5. The number of nitrogens with one attached hydrogen (secondary N) is 1. The second kappa shape index (κ2) is 6.22. The summed E-state index contributed by atoms with van der Waals surface area (Å²) in [5, 5.41) is 8.98. The molecule has 126 valence electrons. The molecule has 1 unspecified atom stereocenters. The quantitative estimate of drug-likeness (QED) is 0.595. The monoisotopic (exact) mass is 330 g/mol. The number of fused-ring (bicyclic) bond motifs is 1. The zero-order valence-electron chi connectivity index (χ0n) is 14.5. The first-order valence-electron chi connectivity index (χ1n) is 8.55. The van der Waals surface area contributed by atoms with Crippen LogP contribution in [0.3, 0.4) is 0 Å². The molecule has 1 atom stereocenters. The SMILES string of the molecule is Cc1c(C(CN)c2cc(-c3ccccc3)n[nH]2)c2ccccc2n1C. The Kier molecular flexibility index (Phi) is 3.90. The third-order valence-corrected chi connectivity index (χ3v) is 5.08. The van der Waals surface area contributed by atoms with Crippen LogP contribution in [0, 0.1) is 6.92 Å². The summed E-state index contributed by atoms with van der Waals surface area (Å²) in [6.45, 7) is 2.69. The van der Waals surface area contributed by atoms with E-state index in [1.54, 1.807) is 0 Å². The van der Waals surface area contributed by atoms with Crippen LogP contribution in [0.2, 0.25) is 0 Å². The summed E-state index contributed by atoms with van der Waals surface area (Å²) in [5.41, 5.74) is 13.1. The van der Waals surface area contributed by atoms with Gasteiger partial charge in [-0.25, -0.2) is 0 Å². The van der Waals surface area contributed by atoms with Gasteiger partial charge >= 0.3 is 0 Å². The van der Waals surface area contributed by atoms with E-state index in [4.69, 9.17) is 5.73 Å². The second-order valence-electron chi connectivity index (χ2n) is 6.44. The number of hydrogen-bond donors (Lipinski definition) is 2. The van der Waals surface area contributed by atoms with Crippen molar-refractivity contribution in [2.75, 3.05) is 6.54 Å². The molecule has 0 saturated carbocycles. The van der Waals surface area contributed by atoms with Crippen molar-refractivity contribution in [2.24, 2.45) is 12.8 Å². The number of para-hydroxylation sites is 1. The molecule has 25 heavy (non-hydrogen) atoms. The Balaban J connectivity index is 1.82. The van der Waals surface area contributed by atoms with Gasteiger partial charge in [-0.15, -0.1) is 0 Å². The van der Waals surface area contributed by atoms with Crippen LogP contribution in [0.15, 0.2) is 60.7 Å².